The molecule has 2 heterocycles. The number of nitrogens with zero attached hydrogens (tertiary/aromatic N) is 1. The number of amides is 1. The van der Waals surface area contributed by atoms with E-state index in [1.165, 1.54) is 17.8 Å². The third kappa shape index (κ3) is 3.91. The largest absolute Gasteiger partial charge is 0.395 e. The SMILES string of the molecule is O=C(NC1=N[C@@]2(c3cc(Br)c(F)cc3F)COCC[C@H]2[C@@H](CO)S1)c1ccccc1. The Kier molecular flexibility index (Phi) is 6.24. The van der Waals surface area contributed by atoms with Gasteiger partial charge in [-0.05, 0) is 40.5 Å². The summed E-state index contributed by atoms with van der Waals surface area (Å²) in [6.07, 6.45) is 0.552. The van der Waals surface area contributed by atoms with Crippen molar-refractivity contribution >= 4 is 38.8 Å². The number of aliphatic hydroxyl groups excluding tert-OH is 1. The predicted molar refractivity (Wildman–Crippen MR) is 114 cm³/mol. The number of aliphatic imine (C=N–C) groups is 1. The Labute approximate surface area is 185 Å². The quantitative estimate of drug-likeness (QED) is 0.633. The second kappa shape index (κ2) is 8.74. The number of amidine groups is 1. The van der Waals surface area contributed by atoms with Gasteiger partial charge in [0.1, 0.15) is 17.2 Å². The van der Waals surface area contributed by atoms with Gasteiger partial charge in [0.05, 0.1) is 17.7 Å². The monoisotopic (exact) mass is 496 g/mol. The Bertz CT molecular complexity index is 992. The van der Waals surface area contributed by atoms with Crippen LogP contribution in [0.4, 0.5) is 8.78 Å². The second-order valence-corrected chi connectivity index (χ2v) is 9.28. The van der Waals surface area contributed by atoms with Crippen LogP contribution in [0.1, 0.15) is 22.3 Å². The van der Waals surface area contributed by atoms with Crippen molar-refractivity contribution in [3.63, 3.8) is 0 Å². The molecule has 0 aliphatic carbocycles. The molecule has 2 aromatic rings. The van der Waals surface area contributed by atoms with Gasteiger partial charge < -0.3 is 15.2 Å². The van der Waals surface area contributed by atoms with Crippen molar-refractivity contribution in [2.45, 2.75) is 17.2 Å². The van der Waals surface area contributed by atoms with E-state index in [9.17, 15) is 18.7 Å². The van der Waals surface area contributed by atoms with E-state index in [1.54, 1.807) is 30.3 Å². The standard InChI is InChI=1S/C21H19BrF2N2O3S/c22-15-8-14(16(23)9-17(15)24)21-11-29-7-6-13(21)18(10-27)30-20(26-21)25-19(28)12-4-2-1-3-5-12/h1-5,8-9,13,18,27H,6-7,10-11H2,(H,25,26,28)/t13-,18+,21-/m0/s1. The van der Waals surface area contributed by atoms with Crippen LogP contribution in [0.15, 0.2) is 51.9 Å². The maximum absolute atomic E-state index is 14.9. The number of hydrogen-bond acceptors (Lipinski definition) is 5. The average Bonchev–Trinajstić information content (AvgIpc) is 2.76. The molecule has 4 rings (SSSR count). The number of carbonyl (C=O) groups is 1. The lowest BCUT2D eigenvalue weighted by atomic mass is 9.74. The summed E-state index contributed by atoms with van der Waals surface area (Å²) in [5, 5.41) is 12.7. The van der Waals surface area contributed by atoms with Crippen LogP contribution in [0.5, 0.6) is 0 Å². The van der Waals surface area contributed by atoms with Crippen LogP contribution in [0.2, 0.25) is 0 Å². The number of aliphatic hydroxyl groups is 1. The van der Waals surface area contributed by atoms with Crippen molar-refractivity contribution in [3.05, 3.63) is 69.7 Å². The van der Waals surface area contributed by atoms with Crippen LogP contribution in [-0.2, 0) is 10.3 Å². The number of ether oxygens (including phenoxy) is 1. The van der Waals surface area contributed by atoms with Gasteiger partial charge in [0.15, 0.2) is 5.17 Å². The van der Waals surface area contributed by atoms with Crippen LogP contribution in [0.3, 0.4) is 0 Å². The van der Waals surface area contributed by atoms with Crippen LogP contribution in [0.25, 0.3) is 0 Å². The number of rotatable bonds is 3. The molecule has 1 amide bonds. The molecule has 158 valence electrons. The van der Waals surface area contributed by atoms with E-state index in [2.05, 4.69) is 21.2 Å². The summed E-state index contributed by atoms with van der Waals surface area (Å²) >= 11 is 4.37. The van der Waals surface area contributed by atoms with E-state index >= 15 is 0 Å². The number of thioether (sulfide) groups is 1. The predicted octanol–water partition coefficient (Wildman–Crippen LogP) is 3.85. The van der Waals surface area contributed by atoms with Crippen LogP contribution in [-0.4, -0.2) is 41.3 Å². The smallest absolute Gasteiger partial charge is 0.257 e. The molecule has 0 aromatic heterocycles. The van der Waals surface area contributed by atoms with Crippen LogP contribution in [0, 0.1) is 17.6 Å². The van der Waals surface area contributed by atoms with Crippen molar-refractivity contribution in [2.24, 2.45) is 10.9 Å². The lowest BCUT2D eigenvalue weighted by Gasteiger charge is -2.47. The minimum Gasteiger partial charge on any atom is -0.395 e. The van der Waals surface area contributed by atoms with Gasteiger partial charge in [-0.2, -0.15) is 0 Å². The molecule has 2 aliphatic rings. The highest BCUT2D eigenvalue weighted by atomic mass is 79.9. The Morgan fingerprint density at radius 2 is 2.07 bits per heavy atom. The average molecular weight is 497 g/mol. The molecule has 0 bridgehead atoms. The molecule has 9 heteroatoms. The maximum Gasteiger partial charge on any atom is 0.257 e. The molecule has 3 atom stereocenters. The van der Waals surface area contributed by atoms with Gasteiger partial charge in [0.25, 0.3) is 5.91 Å². The highest BCUT2D eigenvalue weighted by molar-refractivity contribution is 9.10. The minimum absolute atomic E-state index is 0.0639. The lowest BCUT2D eigenvalue weighted by Crippen LogP contribution is -2.53. The lowest BCUT2D eigenvalue weighted by molar-refractivity contribution is -0.0103. The maximum atomic E-state index is 14.9. The highest BCUT2D eigenvalue weighted by Gasteiger charge is 2.51. The molecule has 2 aromatic carbocycles. The number of carbonyl (C=O) groups excluding carboxylic acids is 1. The Morgan fingerprint density at radius 3 is 2.80 bits per heavy atom. The Morgan fingerprint density at radius 1 is 1.30 bits per heavy atom. The third-order valence-corrected chi connectivity index (χ3v) is 7.24. The van der Waals surface area contributed by atoms with Gasteiger partial charge in [-0.15, -0.1) is 0 Å². The third-order valence-electron chi connectivity index (χ3n) is 5.43. The summed E-state index contributed by atoms with van der Waals surface area (Å²) in [5.74, 6) is -2.06. The first kappa shape index (κ1) is 21.4. The number of benzene rings is 2. The van der Waals surface area contributed by atoms with E-state index in [4.69, 9.17) is 9.73 Å². The van der Waals surface area contributed by atoms with E-state index < -0.39 is 17.2 Å². The Hall–Kier alpha value is -1.81. The molecule has 2 aliphatic heterocycles. The topological polar surface area (TPSA) is 70.9 Å². The summed E-state index contributed by atoms with van der Waals surface area (Å²) in [7, 11) is 0. The first-order valence-electron chi connectivity index (χ1n) is 9.41. The molecular formula is C21H19BrF2N2O3S. The first-order valence-corrected chi connectivity index (χ1v) is 11.1. The van der Waals surface area contributed by atoms with Crippen LogP contribution < -0.4 is 5.32 Å². The zero-order chi connectivity index (χ0) is 21.3. The molecule has 0 saturated carbocycles. The summed E-state index contributed by atoms with van der Waals surface area (Å²) < 4.78 is 34.6. The van der Waals surface area contributed by atoms with Gasteiger partial charge in [-0.3, -0.25) is 4.79 Å². The minimum atomic E-state index is -1.18. The number of nitrogens with one attached hydrogen (secondary N) is 1. The zero-order valence-electron chi connectivity index (χ0n) is 15.8. The summed E-state index contributed by atoms with van der Waals surface area (Å²) in [6.45, 7) is 0.338. The fourth-order valence-electron chi connectivity index (χ4n) is 4.00. The number of fused-ring (bicyclic) bond motifs is 1. The highest BCUT2D eigenvalue weighted by Crippen LogP contribution is 2.49. The molecule has 5 nitrogen and oxygen atoms in total. The molecule has 1 fully saturated rings. The van der Waals surface area contributed by atoms with Crippen molar-refractivity contribution in [3.8, 4) is 0 Å². The Balaban J connectivity index is 1.79. The van der Waals surface area contributed by atoms with E-state index in [1.807, 2.05) is 0 Å². The molecule has 1 saturated heterocycles. The van der Waals surface area contributed by atoms with Gasteiger partial charge >= 0.3 is 0 Å². The van der Waals surface area contributed by atoms with Gasteiger partial charge in [-0.1, -0.05) is 30.0 Å². The molecule has 30 heavy (non-hydrogen) atoms. The molecule has 0 spiro atoms. The summed E-state index contributed by atoms with van der Waals surface area (Å²) in [4.78, 5) is 17.4. The molecule has 0 unspecified atom stereocenters. The van der Waals surface area contributed by atoms with Crippen molar-refractivity contribution in [1.82, 2.24) is 5.32 Å². The second-order valence-electron chi connectivity index (χ2n) is 7.19. The fraction of sp³-hybridized carbons (Fsp3) is 0.333. The van der Waals surface area contributed by atoms with Crippen LogP contribution >= 0.6 is 27.7 Å². The number of hydrogen-bond donors (Lipinski definition) is 2. The molecular weight excluding hydrogens is 478 g/mol. The van der Waals surface area contributed by atoms with Gasteiger partial charge in [0.2, 0.25) is 0 Å². The fourth-order valence-corrected chi connectivity index (χ4v) is 5.60. The molecule has 0 radical (unpaired) electrons. The molecule has 2 N–H and O–H groups in total. The van der Waals surface area contributed by atoms with E-state index in [-0.39, 0.29) is 45.5 Å². The van der Waals surface area contributed by atoms with Crippen molar-refractivity contribution < 1.29 is 23.4 Å². The summed E-state index contributed by atoms with van der Waals surface area (Å²) in [5.41, 5.74) is -0.560. The van der Waals surface area contributed by atoms with E-state index in [0.717, 1.165) is 6.07 Å². The first-order chi connectivity index (χ1) is 14.4. The van der Waals surface area contributed by atoms with Gasteiger partial charge in [0, 0.05) is 35.0 Å². The number of halogens is 3. The zero-order valence-corrected chi connectivity index (χ0v) is 18.2. The normalized spacial score (nSPS) is 25.9. The van der Waals surface area contributed by atoms with Crippen molar-refractivity contribution in [2.75, 3.05) is 19.8 Å². The van der Waals surface area contributed by atoms with E-state index in [0.29, 0.717) is 18.6 Å². The summed E-state index contributed by atoms with van der Waals surface area (Å²) in [6, 6.07) is 10.8. The van der Waals surface area contributed by atoms with Crippen molar-refractivity contribution in [1.29, 1.82) is 0 Å². The van der Waals surface area contributed by atoms with Gasteiger partial charge in [-0.25, -0.2) is 13.8 Å².